The molecule has 1 aromatic carbocycles. The van der Waals surface area contributed by atoms with E-state index in [1.165, 1.54) is 42.4 Å². The second kappa shape index (κ2) is 4.67. The van der Waals surface area contributed by atoms with Gasteiger partial charge in [0.2, 0.25) is 0 Å². The van der Waals surface area contributed by atoms with Crippen LogP contribution in [-0.4, -0.2) is 0 Å². The lowest BCUT2D eigenvalue weighted by Crippen LogP contribution is -2.11. The van der Waals surface area contributed by atoms with Crippen molar-refractivity contribution in [1.29, 1.82) is 0 Å². The molecule has 0 spiro atoms. The van der Waals surface area contributed by atoms with Crippen LogP contribution in [-0.2, 0) is 5.41 Å². The van der Waals surface area contributed by atoms with Gasteiger partial charge >= 0.3 is 0 Å². The van der Waals surface area contributed by atoms with Gasteiger partial charge in [-0.2, -0.15) is 0 Å². The Morgan fingerprint density at radius 1 is 1.32 bits per heavy atom. The molecule has 1 aromatic rings. The Labute approximate surface area is 117 Å². The maximum absolute atomic E-state index is 2.41. The maximum atomic E-state index is 2.41. The van der Waals surface area contributed by atoms with Crippen molar-refractivity contribution in [2.75, 3.05) is 0 Å². The van der Waals surface area contributed by atoms with Gasteiger partial charge in [0.15, 0.2) is 0 Å². The van der Waals surface area contributed by atoms with Crippen molar-refractivity contribution in [2.24, 2.45) is 5.92 Å². The topological polar surface area (TPSA) is 0 Å². The van der Waals surface area contributed by atoms with Gasteiger partial charge in [0, 0.05) is 0 Å². The van der Waals surface area contributed by atoms with Crippen LogP contribution < -0.4 is 0 Å². The molecule has 2 atom stereocenters. The van der Waals surface area contributed by atoms with E-state index in [0.717, 1.165) is 5.92 Å². The molecule has 100 valence electrons. The van der Waals surface area contributed by atoms with E-state index in [1.807, 2.05) is 0 Å². The lowest BCUT2D eigenvalue weighted by molar-refractivity contribution is 0.605. The van der Waals surface area contributed by atoms with Gasteiger partial charge in [-0.15, -0.1) is 0 Å². The van der Waals surface area contributed by atoms with E-state index < -0.39 is 0 Å². The summed E-state index contributed by atoms with van der Waals surface area (Å²) >= 11 is 0. The van der Waals surface area contributed by atoms with Crippen LogP contribution >= 0.6 is 0 Å². The zero-order valence-electron chi connectivity index (χ0n) is 12.4. The van der Waals surface area contributed by atoms with E-state index in [-0.39, 0.29) is 0 Å². The predicted octanol–water partition coefficient (Wildman–Crippen LogP) is 5.42. The fraction of sp³-hybridized carbons (Fsp3) is 0.474. The van der Waals surface area contributed by atoms with Crippen LogP contribution in [0.25, 0.3) is 5.57 Å². The van der Waals surface area contributed by atoms with Gasteiger partial charge in [-0.3, -0.25) is 0 Å². The Kier molecular flexibility index (Phi) is 3.12. The smallest absolute Gasteiger partial charge is 0.00148 e. The molecule has 1 fully saturated rings. The highest BCUT2D eigenvalue weighted by Crippen LogP contribution is 2.58. The Balaban J connectivity index is 2.10. The first-order valence-corrected chi connectivity index (χ1v) is 7.64. The van der Waals surface area contributed by atoms with Crippen LogP contribution in [0, 0.1) is 12.8 Å². The Bertz CT molecular complexity index is 543. The molecular formula is C19H24. The first-order chi connectivity index (χ1) is 9.17. The number of aryl methyl sites for hydroxylation is 1. The highest BCUT2D eigenvalue weighted by Gasteiger charge is 2.51. The first kappa shape index (κ1) is 12.7. The standard InChI is InChI=1S/C19H24/c1-4-19(13-15(19)3)18-11-10-14(2)12-17(18)16-8-6-5-7-9-16/h5-6,8,10-12,15H,4,7,9,13H2,1-3H3. The summed E-state index contributed by atoms with van der Waals surface area (Å²) in [4.78, 5) is 0. The van der Waals surface area contributed by atoms with Crippen molar-refractivity contribution in [3.05, 3.63) is 53.1 Å². The largest absolute Gasteiger partial charge is 0.0842 e. The normalized spacial score (nSPS) is 29.2. The van der Waals surface area contributed by atoms with Crippen LogP contribution in [0.2, 0.25) is 0 Å². The van der Waals surface area contributed by atoms with Crippen molar-refractivity contribution in [3.63, 3.8) is 0 Å². The third-order valence-electron chi connectivity index (χ3n) is 5.16. The molecule has 19 heavy (non-hydrogen) atoms. The van der Waals surface area contributed by atoms with Crippen LogP contribution in [0.3, 0.4) is 0 Å². The molecular weight excluding hydrogens is 228 g/mol. The second-order valence-electron chi connectivity index (χ2n) is 6.32. The van der Waals surface area contributed by atoms with Gasteiger partial charge in [-0.05, 0) is 60.6 Å². The van der Waals surface area contributed by atoms with Crippen molar-refractivity contribution in [3.8, 4) is 0 Å². The fourth-order valence-corrected chi connectivity index (χ4v) is 3.73. The van der Waals surface area contributed by atoms with Gasteiger partial charge < -0.3 is 0 Å². The minimum Gasteiger partial charge on any atom is -0.0842 e. The monoisotopic (exact) mass is 252 g/mol. The summed E-state index contributed by atoms with van der Waals surface area (Å²) in [6, 6.07) is 7.10. The molecule has 2 aliphatic carbocycles. The molecule has 0 nitrogen and oxygen atoms in total. The molecule has 0 aliphatic heterocycles. The highest BCUT2D eigenvalue weighted by molar-refractivity contribution is 5.73. The van der Waals surface area contributed by atoms with Crippen LogP contribution in [0.5, 0.6) is 0 Å². The predicted molar refractivity (Wildman–Crippen MR) is 83.3 cm³/mol. The third kappa shape index (κ3) is 2.08. The summed E-state index contributed by atoms with van der Waals surface area (Å²) in [5.41, 5.74) is 6.51. The lowest BCUT2D eigenvalue weighted by Gasteiger charge is -2.22. The molecule has 0 aromatic heterocycles. The Hall–Kier alpha value is -1.30. The highest BCUT2D eigenvalue weighted by atomic mass is 14.5. The summed E-state index contributed by atoms with van der Waals surface area (Å²) in [6.07, 6.45) is 11.8. The number of benzene rings is 1. The number of allylic oxidation sites excluding steroid dienone is 4. The maximum Gasteiger partial charge on any atom is -0.00148 e. The molecule has 0 amide bonds. The van der Waals surface area contributed by atoms with Crippen molar-refractivity contribution in [2.45, 2.75) is 51.9 Å². The molecule has 0 radical (unpaired) electrons. The molecule has 0 heteroatoms. The van der Waals surface area contributed by atoms with Gasteiger partial charge in [0.25, 0.3) is 0 Å². The Morgan fingerprint density at radius 2 is 2.11 bits per heavy atom. The average molecular weight is 252 g/mol. The van der Waals surface area contributed by atoms with E-state index in [4.69, 9.17) is 0 Å². The first-order valence-electron chi connectivity index (χ1n) is 7.64. The molecule has 0 N–H and O–H groups in total. The van der Waals surface area contributed by atoms with Crippen molar-refractivity contribution < 1.29 is 0 Å². The summed E-state index contributed by atoms with van der Waals surface area (Å²) in [6.45, 7) is 6.96. The summed E-state index contributed by atoms with van der Waals surface area (Å²) < 4.78 is 0. The van der Waals surface area contributed by atoms with Crippen molar-refractivity contribution in [1.82, 2.24) is 0 Å². The zero-order valence-corrected chi connectivity index (χ0v) is 12.4. The van der Waals surface area contributed by atoms with E-state index in [9.17, 15) is 0 Å². The molecule has 3 rings (SSSR count). The van der Waals surface area contributed by atoms with Gasteiger partial charge in [0.1, 0.15) is 0 Å². The van der Waals surface area contributed by atoms with Crippen LogP contribution in [0.1, 0.15) is 56.2 Å². The Morgan fingerprint density at radius 3 is 2.68 bits per heavy atom. The van der Waals surface area contributed by atoms with E-state index in [0.29, 0.717) is 5.41 Å². The summed E-state index contributed by atoms with van der Waals surface area (Å²) in [5, 5.41) is 0. The molecule has 0 saturated heterocycles. The van der Waals surface area contributed by atoms with Crippen LogP contribution in [0.4, 0.5) is 0 Å². The third-order valence-corrected chi connectivity index (χ3v) is 5.16. The SMILES string of the molecule is CCC1(c2ccc(C)cc2C2=CC=CCC2)CC1C. The van der Waals surface area contributed by atoms with Crippen molar-refractivity contribution >= 4 is 5.57 Å². The molecule has 0 bridgehead atoms. The van der Waals surface area contributed by atoms with E-state index in [1.54, 1.807) is 5.56 Å². The number of rotatable bonds is 3. The molecule has 1 saturated carbocycles. The second-order valence-corrected chi connectivity index (χ2v) is 6.32. The summed E-state index contributed by atoms with van der Waals surface area (Å²) in [5.74, 6) is 0.846. The van der Waals surface area contributed by atoms with Gasteiger partial charge in [-0.25, -0.2) is 0 Å². The van der Waals surface area contributed by atoms with E-state index in [2.05, 4.69) is 57.2 Å². The van der Waals surface area contributed by atoms with Crippen LogP contribution in [0.15, 0.2) is 36.4 Å². The molecule has 0 heterocycles. The molecule has 2 aliphatic rings. The quantitative estimate of drug-likeness (QED) is 0.674. The van der Waals surface area contributed by atoms with E-state index >= 15 is 0 Å². The van der Waals surface area contributed by atoms with Gasteiger partial charge in [-0.1, -0.05) is 55.8 Å². The number of hydrogen-bond acceptors (Lipinski definition) is 0. The number of hydrogen-bond donors (Lipinski definition) is 0. The minimum atomic E-state index is 0.463. The van der Waals surface area contributed by atoms with Gasteiger partial charge in [0.05, 0.1) is 0 Å². The zero-order chi connectivity index (χ0) is 13.5. The lowest BCUT2D eigenvalue weighted by atomic mass is 9.82. The average Bonchev–Trinajstić information content (AvgIpc) is 3.11. The summed E-state index contributed by atoms with van der Waals surface area (Å²) in [7, 11) is 0. The minimum absolute atomic E-state index is 0.463. The fourth-order valence-electron chi connectivity index (χ4n) is 3.73. The molecule has 2 unspecified atom stereocenters.